The molecule has 0 aromatic heterocycles. The fourth-order valence-electron chi connectivity index (χ4n) is 1.85. The van der Waals surface area contributed by atoms with Crippen LogP contribution >= 0.6 is 0 Å². The van der Waals surface area contributed by atoms with Crippen LogP contribution in [0.25, 0.3) is 0 Å². The van der Waals surface area contributed by atoms with Gasteiger partial charge in [0.1, 0.15) is 5.75 Å². The summed E-state index contributed by atoms with van der Waals surface area (Å²) in [6, 6.07) is 7.50. The first-order valence-electron chi connectivity index (χ1n) is 7.67. The van der Waals surface area contributed by atoms with Gasteiger partial charge < -0.3 is 15.4 Å². The van der Waals surface area contributed by atoms with Crippen LogP contribution in [0.15, 0.2) is 24.3 Å². The van der Waals surface area contributed by atoms with Crippen molar-refractivity contribution in [3.05, 3.63) is 29.8 Å². The molecule has 2 amide bonds. The fraction of sp³-hybridized carbons (Fsp3) is 0.529. The Bertz CT molecular complexity index is 469. The number of ether oxygens (including phenoxy) is 1. The van der Waals surface area contributed by atoms with Gasteiger partial charge in [-0.05, 0) is 30.0 Å². The van der Waals surface area contributed by atoms with Gasteiger partial charge >= 0.3 is 0 Å². The predicted molar refractivity (Wildman–Crippen MR) is 86.5 cm³/mol. The molecule has 0 aliphatic rings. The minimum absolute atomic E-state index is 0.0692. The molecule has 0 heterocycles. The van der Waals surface area contributed by atoms with Gasteiger partial charge in [-0.15, -0.1) is 0 Å². The van der Waals surface area contributed by atoms with E-state index in [-0.39, 0.29) is 24.7 Å². The highest BCUT2D eigenvalue weighted by Gasteiger charge is 2.07. The third-order valence-corrected chi connectivity index (χ3v) is 3.27. The zero-order chi connectivity index (χ0) is 16.4. The predicted octanol–water partition coefficient (Wildman–Crippen LogP) is 2.25. The van der Waals surface area contributed by atoms with Crippen molar-refractivity contribution in [1.82, 2.24) is 10.6 Å². The van der Waals surface area contributed by atoms with Crippen molar-refractivity contribution in [2.75, 3.05) is 13.7 Å². The van der Waals surface area contributed by atoms with Gasteiger partial charge in [0.05, 0.1) is 7.11 Å². The lowest BCUT2D eigenvalue weighted by Gasteiger charge is -2.08. The standard InChI is InChI=1S/C17H26N2O3/c1-13(2)10-11-18-16(20)8-9-17(21)19-12-14-4-6-15(22-3)7-5-14/h4-7,13H,8-12H2,1-3H3,(H,18,20)(H,19,21). The summed E-state index contributed by atoms with van der Waals surface area (Å²) in [4.78, 5) is 23.3. The molecule has 1 rings (SSSR count). The van der Waals surface area contributed by atoms with Crippen LogP contribution in [0.4, 0.5) is 0 Å². The van der Waals surface area contributed by atoms with Crippen LogP contribution in [0.3, 0.4) is 0 Å². The second-order valence-corrected chi connectivity index (χ2v) is 5.66. The van der Waals surface area contributed by atoms with E-state index in [0.717, 1.165) is 17.7 Å². The number of hydrogen-bond acceptors (Lipinski definition) is 3. The lowest BCUT2D eigenvalue weighted by atomic mass is 10.1. The van der Waals surface area contributed by atoms with Gasteiger partial charge in [-0.25, -0.2) is 0 Å². The van der Waals surface area contributed by atoms with Crippen molar-refractivity contribution in [2.24, 2.45) is 5.92 Å². The van der Waals surface area contributed by atoms with Crippen LogP contribution in [-0.4, -0.2) is 25.5 Å². The zero-order valence-electron chi connectivity index (χ0n) is 13.6. The average molecular weight is 306 g/mol. The van der Waals surface area contributed by atoms with Crippen LogP contribution < -0.4 is 15.4 Å². The molecule has 0 atom stereocenters. The molecule has 5 heteroatoms. The molecule has 0 saturated carbocycles. The second kappa shape index (κ2) is 9.82. The molecule has 22 heavy (non-hydrogen) atoms. The van der Waals surface area contributed by atoms with Gasteiger partial charge in [-0.1, -0.05) is 26.0 Å². The zero-order valence-corrected chi connectivity index (χ0v) is 13.6. The summed E-state index contributed by atoms with van der Waals surface area (Å²) < 4.78 is 5.07. The third kappa shape index (κ3) is 7.67. The van der Waals surface area contributed by atoms with Crippen LogP contribution in [0, 0.1) is 5.92 Å². The number of amides is 2. The molecule has 122 valence electrons. The molecule has 0 unspecified atom stereocenters. The Kier molecular flexibility index (Phi) is 8.04. The van der Waals surface area contributed by atoms with E-state index in [2.05, 4.69) is 24.5 Å². The molecule has 0 aliphatic carbocycles. The Morgan fingerprint density at radius 3 is 2.18 bits per heavy atom. The first-order chi connectivity index (χ1) is 10.5. The van der Waals surface area contributed by atoms with E-state index in [1.54, 1.807) is 7.11 Å². The topological polar surface area (TPSA) is 67.4 Å². The normalized spacial score (nSPS) is 10.4. The maximum atomic E-state index is 11.7. The van der Waals surface area contributed by atoms with E-state index in [9.17, 15) is 9.59 Å². The molecule has 0 saturated heterocycles. The summed E-state index contributed by atoms with van der Waals surface area (Å²) in [7, 11) is 1.61. The monoisotopic (exact) mass is 306 g/mol. The van der Waals surface area contributed by atoms with E-state index in [0.29, 0.717) is 19.0 Å². The first-order valence-corrected chi connectivity index (χ1v) is 7.67. The van der Waals surface area contributed by atoms with E-state index >= 15 is 0 Å². The Hall–Kier alpha value is -2.04. The lowest BCUT2D eigenvalue weighted by Crippen LogP contribution is -2.28. The number of benzene rings is 1. The fourth-order valence-corrected chi connectivity index (χ4v) is 1.85. The molecule has 0 radical (unpaired) electrons. The Morgan fingerprint density at radius 1 is 1.05 bits per heavy atom. The molecule has 5 nitrogen and oxygen atoms in total. The molecule has 0 spiro atoms. The van der Waals surface area contributed by atoms with E-state index in [4.69, 9.17) is 4.74 Å². The summed E-state index contributed by atoms with van der Waals surface area (Å²) in [6.07, 6.45) is 1.39. The third-order valence-electron chi connectivity index (χ3n) is 3.27. The van der Waals surface area contributed by atoms with Crippen molar-refractivity contribution >= 4 is 11.8 Å². The highest BCUT2D eigenvalue weighted by Crippen LogP contribution is 2.10. The molecule has 1 aromatic rings. The average Bonchev–Trinajstić information content (AvgIpc) is 2.51. The van der Waals surface area contributed by atoms with E-state index in [1.807, 2.05) is 24.3 Å². The number of nitrogens with one attached hydrogen (secondary N) is 2. The van der Waals surface area contributed by atoms with Crippen molar-refractivity contribution in [3.63, 3.8) is 0 Å². The van der Waals surface area contributed by atoms with Gasteiger partial charge in [-0.2, -0.15) is 0 Å². The van der Waals surface area contributed by atoms with Crippen LogP contribution in [0.5, 0.6) is 5.75 Å². The number of hydrogen-bond donors (Lipinski definition) is 2. The van der Waals surface area contributed by atoms with E-state index in [1.165, 1.54) is 0 Å². The Labute approximate surface area is 132 Å². The summed E-state index contributed by atoms with van der Waals surface area (Å²) in [5.74, 6) is 1.16. The summed E-state index contributed by atoms with van der Waals surface area (Å²) in [5.41, 5.74) is 0.996. The van der Waals surface area contributed by atoms with Crippen molar-refractivity contribution < 1.29 is 14.3 Å². The first kappa shape index (κ1) is 18.0. The van der Waals surface area contributed by atoms with Gasteiger partial charge in [0, 0.05) is 25.9 Å². The SMILES string of the molecule is COc1ccc(CNC(=O)CCC(=O)NCCC(C)C)cc1. The maximum absolute atomic E-state index is 11.7. The Morgan fingerprint density at radius 2 is 1.64 bits per heavy atom. The number of carbonyl (C=O) groups is 2. The van der Waals surface area contributed by atoms with Crippen LogP contribution in [-0.2, 0) is 16.1 Å². The molecule has 2 N–H and O–H groups in total. The summed E-state index contributed by atoms with van der Waals surface area (Å²) >= 11 is 0. The van der Waals surface area contributed by atoms with Crippen LogP contribution in [0.1, 0.15) is 38.7 Å². The largest absolute Gasteiger partial charge is 0.497 e. The van der Waals surface area contributed by atoms with Crippen molar-refractivity contribution in [2.45, 2.75) is 39.7 Å². The second-order valence-electron chi connectivity index (χ2n) is 5.66. The van der Waals surface area contributed by atoms with Gasteiger partial charge in [0.15, 0.2) is 0 Å². The van der Waals surface area contributed by atoms with Crippen molar-refractivity contribution in [3.8, 4) is 5.75 Å². The maximum Gasteiger partial charge on any atom is 0.220 e. The van der Waals surface area contributed by atoms with E-state index < -0.39 is 0 Å². The number of rotatable bonds is 9. The molecule has 0 aliphatic heterocycles. The highest BCUT2D eigenvalue weighted by molar-refractivity contribution is 5.83. The molecular weight excluding hydrogens is 280 g/mol. The quantitative estimate of drug-likeness (QED) is 0.735. The summed E-state index contributed by atoms with van der Waals surface area (Å²) in [5, 5.41) is 5.63. The number of methoxy groups -OCH3 is 1. The number of carbonyl (C=O) groups excluding carboxylic acids is 2. The molecule has 1 aromatic carbocycles. The van der Waals surface area contributed by atoms with Crippen LogP contribution in [0.2, 0.25) is 0 Å². The van der Waals surface area contributed by atoms with Gasteiger partial charge in [0.25, 0.3) is 0 Å². The van der Waals surface area contributed by atoms with Gasteiger partial charge in [-0.3, -0.25) is 9.59 Å². The van der Waals surface area contributed by atoms with Gasteiger partial charge in [0.2, 0.25) is 11.8 Å². The lowest BCUT2D eigenvalue weighted by molar-refractivity contribution is -0.126. The minimum Gasteiger partial charge on any atom is -0.497 e. The highest BCUT2D eigenvalue weighted by atomic mass is 16.5. The van der Waals surface area contributed by atoms with Crippen molar-refractivity contribution in [1.29, 1.82) is 0 Å². The smallest absolute Gasteiger partial charge is 0.220 e. The molecule has 0 fully saturated rings. The molecular formula is C17H26N2O3. The Balaban J connectivity index is 2.18. The molecule has 0 bridgehead atoms. The summed E-state index contributed by atoms with van der Waals surface area (Å²) in [6.45, 7) is 5.35. The minimum atomic E-state index is -0.116.